The summed E-state index contributed by atoms with van der Waals surface area (Å²) in [7, 11) is 0. The van der Waals surface area contributed by atoms with Crippen molar-refractivity contribution in [3.63, 3.8) is 0 Å². The lowest BCUT2D eigenvalue weighted by Crippen LogP contribution is -2.42. The third-order valence-electron chi connectivity index (χ3n) is 1.56. The van der Waals surface area contributed by atoms with E-state index in [2.05, 4.69) is 9.47 Å². The van der Waals surface area contributed by atoms with Crippen molar-refractivity contribution in [1.29, 1.82) is 0 Å². The zero-order chi connectivity index (χ0) is 13.4. The third kappa shape index (κ3) is 7.08. The molecule has 0 heterocycles. The van der Waals surface area contributed by atoms with Crippen molar-refractivity contribution in [3.05, 3.63) is 0 Å². The molecular weight excluding hydrogens is 350 g/mol. The fourth-order valence-corrected chi connectivity index (χ4v) is 1.63. The molecule has 0 aromatic carbocycles. The number of carbonyl (C=O) groups is 3. The summed E-state index contributed by atoms with van der Waals surface area (Å²) < 4.78 is 25.4. The van der Waals surface area contributed by atoms with E-state index in [0.717, 1.165) is 13.8 Å². The number of rotatable bonds is 7. The maximum absolute atomic E-state index is 13.2. The van der Waals surface area contributed by atoms with E-state index in [9.17, 15) is 18.8 Å². The van der Waals surface area contributed by atoms with Crippen LogP contribution in [0, 0.1) is 0 Å². The summed E-state index contributed by atoms with van der Waals surface area (Å²) in [6.07, 6.45) is -2.49. The predicted octanol–water partition coefficient (Wildman–Crippen LogP) is 0.753. The fraction of sp³-hybridized carbons (Fsp3) is 0.667. The molecule has 0 saturated heterocycles. The molecule has 0 rings (SSSR count). The number of hydrogen-bond donors (Lipinski definition) is 0. The molecule has 8 heteroatoms. The normalized spacial score (nSPS) is 15.3. The lowest BCUT2D eigenvalue weighted by molar-refractivity contribution is -0.172. The van der Waals surface area contributed by atoms with Crippen molar-refractivity contribution in [2.24, 2.45) is 0 Å². The number of halogens is 2. The molecule has 0 amide bonds. The van der Waals surface area contributed by atoms with Crippen molar-refractivity contribution in [2.75, 3.05) is 6.61 Å². The molecular formula is C9H12FIO6. The molecule has 0 N–H and O–H groups in total. The molecule has 98 valence electrons. The minimum atomic E-state index is -1.60. The summed E-state index contributed by atoms with van der Waals surface area (Å²) in [6, 6.07) is 0. The molecule has 0 aromatic heterocycles. The molecule has 0 aliphatic carbocycles. The zero-order valence-electron chi connectivity index (χ0n) is 9.22. The summed E-state index contributed by atoms with van der Waals surface area (Å²) in [5.41, 5.74) is 0. The number of ether oxygens (including phenoxy) is 3. The van der Waals surface area contributed by atoms with E-state index >= 15 is 0 Å². The fourth-order valence-electron chi connectivity index (χ4n) is 1.02. The second-order valence-electron chi connectivity index (χ2n) is 2.99. The molecule has 0 fully saturated rings. The SMILES string of the molecule is CC(=O)O[C@@H](COC=O)[C@H](OC(C)=O)C(F)I. The van der Waals surface area contributed by atoms with Gasteiger partial charge in [-0.25, -0.2) is 4.39 Å². The van der Waals surface area contributed by atoms with E-state index < -0.39 is 28.3 Å². The second kappa shape index (κ2) is 8.20. The quantitative estimate of drug-likeness (QED) is 0.219. The second-order valence-corrected chi connectivity index (χ2v) is 4.18. The Labute approximate surface area is 111 Å². The molecule has 0 saturated carbocycles. The van der Waals surface area contributed by atoms with Gasteiger partial charge in [0.25, 0.3) is 6.47 Å². The van der Waals surface area contributed by atoms with Crippen LogP contribution in [0.2, 0.25) is 0 Å². The first kappa shape index (κ1) is 16.1. The third-order valence-corrected chi connectivity index (χ3v) is 2.27. The van der Waals surface area contributed by atoms with Crippen LogP contribution in [0.15, 0.2) is 0 Å². The summed E-state index contributed by atoms with van der Waals surface area (Å²) >= 11 is 1.37. The van der Waals surface area contributed by atoms with Crippen LogP contribution in [0.1, 0.15) is 13.8 Å². The Morgan fingerprint density at radius 2 is 1.82 bits per heavy atom. The van der Waals surface area contributed by atoms with E-state index in [4.69, 9.17) is 4.74 Å². The highest BCUT2D eigenvalue weighted by Gasteiger charge is 2.34. The van der Waals surface area contributed by atoms with Gasteiger partial charge in [-0.05, 0) is 22.6 Å². The summed E-state index contributed by atoms with van der Waals surface area (Å²) in [5, 5.41) is 0. The Morgan fingerprint density at radius 1 is 1.29 bits per heavy atom. The first-order valence-electron chi connectivity index (χ1n) is 4.56. The predicted molar refractivity (Wildman–Crippen MR) is 62.0 cm³/mol. The average Bonchev–Trinajstić information content (AvgIpc) is 2.19. The van der Waals surface area contributed by atoms with E-state index in [1.807, 2.05) is 0 Å². The Kier molecular flexibility index (Phi) is 7.75. The van der Waals surface area contributed by atoms with Gasteiger partial charge in [0.15, 0.2) is 16.4 Å². The van der Waals surface area contributed by atoms with Crippen LogP contribution in [0.25, 0.3) is 0 Å². The highest BCUT2D eigenvalue weighted by atomic mass is 127. The Hall–Kier alpha value is -0.930. The summed E-state index contributed by atoms with van der Waals surface area (Å²) in [6.45, 7) is 1.95. The van der Waals surface area contributed by atoms with Crippen molar-refractivity contribution in [3.8, 4) is 0 Å². The molecule has 3 atom stereocenters. The van der Waals surface area contributed by atoms with Gasteiger partial charge in [0.2, 0.25) is 0 Å². The molecule has 0 bridgehead atoms. The van der Waals surface area contributed by atoms with Gasteiger partial charge in [-0.15, -0.1) is 0 Å². The smallest absolute Gasteiger partial charge is 0.303 e. The first-order chi connectivity index (χ1) is 7.88. The van der Waals surface area contributed by atoms with Crippen molar-refractivity contribution >= 4 is 41.0 Å². The van der Waals surface area contributed by atoms with Crippen LogP contribution in [0.4, 0.5) is 4.39 Å². The van der Waals surface area contributed by atoms with Crippen LogP contribution in [-0.2, 0) is 28.6 Å². The van der Waals surface area contributed by atoms with Crippen LogP contribution in [0.5, 0.6) is 0 Å². The standard InChI is InChI=1S/C9H12FIO6/c1-5(13)16-7(3-15-4-12)8(9(10)11)17-6(2)14/h4,7-9H,3H2,1-2H3/t7-,8-,9?/m0/s1. The average molecular weight is 362 g/mol. The van der Waals surface area contributed by atoms with Gasteiger partial charge >= 0.3 is 11.9 Å². The molecule has 0 aromatic rings. The summed E-state index contributed by atoms with van der Waals surface area (Å²) in [4.78, 5) is 31.6. The van der Waals surface area contributed by atoms with Gasteiger partial charge in [0.05, 0.1) is 0 Å². The van der Waals surface area contributed by atoms with Gasteiger partial charge in [0, 0.05) is 13.8 Å². The van der Waals surface area contributed by atoms with Crippen LogP contribution in [-0.4, -0.2) is 41.4 Å². The largest absolute Gasteiger partial charge is 0.464 e. The van der Waals surface area contributed by atoms with Crippen molar-refractivity contribution in [2.45, 2.75) is 30.2 Å². The Bertz CT molecular complexity index is 283. The Balaban J connectivity index is 4.71. The highest BCUT2D eigenvalue weighted by Crippen LogP contribution is 2.18. The maximum atomic E-state index is 13.2. The van der Waals surface area contributed by atoms with Crippen molar-refractivity contribution in [1.82, 2.24) is 0 Å². The minimum absolute atomic E-state index is 0.127. The summed E-state index contributed by atoms with van der Waals surface area (Å²) in [5.74, 6) is -1.42. The van der Waals surface area contributed by atoms with Gasteiger partial charge < -0.3 is 14.2 Å². The molecule has 0 spiro atoms. The van der Waals surface area contributed by atoms with E-state index in [0.29, 0.717) is 0 Å². The lowest BCUT2D eigenvalue weighted by atomic mass is 10.2. The van der Waals surface area contributed by atoms with E-state index in [1.165, 1.54) is 22.6 Å². The topological polar surface area (TPSA) is 78.9 Å². The van der Waals surface area contributed by atoms with Gasteiger partial charge in [-0.3, -0.25) is 14.4 Å². The monoisotopic (exact) mass is 362 g/mol. The van der Waals surface area contributed by atoms with Gasteiger partial charge in [0.1, 0.15) is 6.61 Å². The number of hydrogen-bond acceptors (Lipinski definition) is 6. The van der Waals surface area contributed by atoms with Gasteiger partial charge in [-0.2, -0.15) is 0 Å². The number of esters is 2. The number of carbonyl (C=O) groups excluding carboxylic acids is 3. The molecule has 1 unspecified atom stereocenters. The Morgan fingerprint density at radius 3 is 2.18 bits per heavy atom. The van der Waals surface area contributed by atoms with Crippen molar-refractivity contribution < 1.29 is 33.0 Å². The lowest BCUT2D eigenvalue weighted by Gasteiger charge is -2.25. The van der Waals surface area contributed by atoms with Crippen LogP contribution < -0.4 is 0 Å². The molecule has 17 heavy (non-hydrogen) atoms. The molecule has 0 aliphatic rings. The zero-order valence-corrected chi connectivity index (χ0v) is 11.4. The van der Waals surface area contributed by atoms with E-state index in [1.54, 1.807) is 0 Å². The maximum Gasteiger partial charge on any atom is 0.303 e. The molecule has 0 aliphatic heterocycles. The molecule has 0 radical (unpaired) electrons. The minimum Gasteiger partial charge on any atom is -0.464 e. The number of alkyl halides is 2. The molecule has 6 nitrogen and oxygen atoms in total. The highest BCUT2D eigenvalue weighted by molar-refractivity contribution is 14.1. The van der Waals surface area contributed by atoms with Crippen LogP contribution in [0.3, 0.4) is 0 Å². The van der Waals surface area contributed by atoms with Gasteiger partial charge in [-0.1, -0.05) is 0 Å². The van der Waals surface area contributed by atoms with E-state index in [-0.39, 0.29) is 13.1 Å². The first-order valence-corrected chi connectivity index (χ1v) is 5.80. The van der Waals surface area contributed by atoms with Crippen LogP contribution >= 0.6 is 22.6 Å².